The van der Waals surface area contributed by atoms with Crippen molar-refractivity contribution in [3.63, 3.8) is 0 Å². The predicted octanol–water partition coefficient (Wildman–Crippen LogP) is 1.40. The average Bonchev–Trinajstić information content (AvgIpc) is 2.93. The van der Waals surface area contributed by atoms with Crippen LogP contribution in [0.4, 0.5) is 11.4 Å². The number of anilines is 2. The Morgan fingerprint density at radius 3 is 3.07 bits per heavy atom. The maximum Gasteiger partial charge on any atom is 0.224 e. The van der Waals surface area contributed by atoms with Gasteiger partial charge in [0.15, 0.2) is 0 Å². The Bertz CT molecular complexity index is 347. The number of nitrogen functional groups attached to an aromatic ring is 1. The molecule has 0 saturated heterocycles. The van der Waals surface area contributed by atoms with Gasteiger partial charge in [-0.15, -0.1) is 0 Å². The number of nitrogens with zero attached hydrogens (tertiary/aromatic N) is 1. The molecule has 0 radical (unpaired) electrons. The van der Waals surface area contributed by atoms with Crippen LogP contribution in [-0.2, 0) is 4.79 Å². The normalized spacial score (nSPS) is 15.1. The first-order valence-electron chi connectivity index (χ1n) is 4.75. The second-order valence-electron chi connectivity index (χ2n) is 3.66. The van der Waals surface area contributed by atoms with E-state index in [1.807, 2.05) is 0 Å². The molecular formula is C10H13N3O. The minimum Gasteiger partial charge on any atom is -0.396 e. The molecule has 3 N–H and O–H groups in total. The number of hydrogen-bond acceptors (Lipinski definition) is 3. The fourth-order valence-electron chi connectivity index (χ4n) is 1.31. The number of nitrogens with two attached hydrogens (primary N) is 1. The quantitative estimate of drug-likeness (QED) is 0.758. The van der Waals surface area contributed by atoms with Crippen LogP contribution in [0.5, 0.6) is 0 Å². The van der Waals surface area contributed by atoms with Crippen molar-refractivity contribution in [2.24, 2.45) is 5.92 Å². The summed E-state index contributed by atoms with van der Waals surface area (Å²) in [5.74, 6) is 0.642. The van der Waals surface area contributed by atoms with E-state index < -0.39 is 0 Å². The molecule has 0 atom stereocenters. The lowest BCUT2D eigenvalue weighted by Gasteiger charge is -2.06. The fraction of sp³-hybridized carbons (Fsp3) is 0.400. The molecule has 0 spiro atoms. The van der Waals surface area contributed by atoms with Gasteiger partial charge in [-0.05, 0) is 24.8 Å². The average molecular weight is 191 g/mol. The molecule has 1 aromatic heterocycles. The van der Waals surface area contributed by atoms with E-state index in [0.29, 0.717) is 23.7 Å². The van der Waals surface area contributed by atoms with Crippen molar-refractivity contribution < 1.29 is 4.79 Å². The lowest BCUT2D eigenvalue weighted by Crippen LogP contribution is -2.13. The highest BCUT2D eigenvalue weighted by Gasteiger charge is 2.24. The molecule has 1 saturated carbocycles. The summed E-state index contributed by atoms with van der Waals surface area (Å²) < 4.78 is 0. The third-order valence-electron chi connectivity index (χ3n) is 2.30. The molecular weight excluding hydrogens is 178 g/mol. The fourth-order valence-corrected chi connectivity index (χ4v) is 1.31. The van der Waals surface area contributed by atoms with E-state index in [4.69, 9.17) is 5.73 Å². The van der Waals surface area contributed by atoms with Gasteiger partial charge in [0.25, 0.3) is 0 Å². The number of hydrogen-bond donors (Lipinski definition) is 2. The van der Waals surface area contributed by atoms with Gasteiger partial charge in [0.05, 0.1) is 17.6 Å². The van der Waals surface area contributed by atoms with Gasteiger partial charge in [-0.3, -0.25) is 9.78 Å². The van der Waals surface area contributed by atoms with Crippen molar-refractivity contribution in [2.75, 3.05) is 11.1 Å². The van der Waals surface area contributed by atoms with Crippen LogP contribution in [0.3, 0.4) is 0 Å². The Kier molecular flexibility index (Phi) is 2.35. The van der Waals surface area contributed by atoms with Crippen molar-refractivity contribution in [2.45, 2.75) is 19.3 Å². The minimum absolute atomic E-state index is 0.0467. The second kappa shape index (κ2) is 3.65. The molecule has 2 rings (SSSR count). The molecule has 1 aliphatic carbocycles. The largest absolute Gasteiger partial charge is 0.396 e. The molecule has 0 bridgehead atoms. The number of aromatic nitrogens is 1. The van der Waals surface area contributed by atoms with Gasteiger partial charge < -0.3 is 11.1 Å². The summed E-state index contributed by atoms with van der Waals surface area (Å²) in [5, 5.41) is 2.78. The van der Waals surface area contributed by atoms with Gasteiger partial charge in [0, 0.05) is 12.6 Å². The molecule has 1 aliphatic rings. The van der Waals surface area contributed by atoms with Crippen molar-refractivity contribution >= 4 is 17.3 Å². The number of pyridine rings is 1. The summed E-state index contributed by atoms with van der Waals surface area (Å²) in [5.41, 5.74) is 6.81. The van der Waals surface area contributed by atoms with Crippen LogP contribution in [0.2, 0.25) is 0 Å². The summed E-state index contributed by atoms with van der Waals surface area (Å²) in [6.45, 7) is 0. The Morgan fingerprint density at radius 2 is 2.43 bits per heavy atom. The maximum absolute atomic E-state index is 11.4. The summed E-state index contributed by atoms with van der Waals surface area (Å²) >= 11 is 0. The first-order valence-corrected chi connectivity index (χ1v) is 4.75. The number of amides is 1. The van der Waals surface area contributed by atoms with E-state index in [0.717, 1.165) is 0 Å². The van der Waals surface area contributed by atoms with Crippen molar-refractivity contribution in [1.29, 1.82) is 0 Å². The van der Waals surface area contributed by atoms with Crippen molar-refractivity contribution in [3.8, 4) is 0 Å². The molecule has 0 aliphatic heterocycles. The maximum atomic E-state index is 11.4. The van der Waals surface area contributed by atoms with Gasteiger partial charge in [-0.25, -0.2) is 0 Å². The van der Waals surface area contributed by atoms with Crippen molar-refractivity contribution in [1.82, 2.24) is 4.98 Å². The van der Waals surface area contributed by atoms with E-state index in [9.17, 15) is 4.79 Å². The van der Waals surface area contributed by atoms with Gasteiger partial charge >= 0.3 is 0 Å². The third-order valence-corrected chi connectivity index (χ3v) is 2.30. The van der Waals surface area contributed by atoms with Crippen LogP contribution in [0, 0.1) is 5.92 Å². The van der Waals surface area contributed by atoms with E-state index in [2.05, 4.69) is 10.3 Å². The summed E-state index contributed by atoms with van der Waals surface area (Å²) in [6, 6.07) is 1.71. The molecule has 0 aromatic carbocycles. The molecule has 1 heterocycles. The SMILES string of the molecule is Nc1cnccc1NC(=O)CC1CC1. The number of nitrogens with one attached hydrogen (secondary N) is 1. The Balaban J connectivity index is 1.95. The molecule has 1 fully saturated rings. The lowest BCUT2D eigenvalue weighted by atomic mass is 10.2. The highest BCUT2D eigenvalue weighted by atomic mass is 16.1. The van der Waals surface area contributed by atoms with E-state index in [-0.39, 0.29) is 5.91 Å². The Labute approximate surface area is 82.5 Å². The Hall–Kier alpha value is -1.58. The molecule has 4 heteroatoms. The summed E-state index contributed by atoms with van der Waals surface area (Å²) in [4.78, 5) is 15.3. The van der Waals surface area contributed by atoms with Gasteiger partial charge in [0.2, 0.25) is 5.91 Å². The lowest BCUT2D eigenvalue weighted by molar-refractivity contribution is -0.116. The Morgan fingerprint density at radius 1 is 1.64 bits per heavy atom. The standard InChI is InChI=1S/C10H13N3O/c11-8-6-12-4-3-9(8)13-10(14)5-7-1-2-7/h3-4,6-7H,1-2,5,11H2,(H,12,13,14). The third kappa shape index (κ3) is 2.22. The zero-order valence-corrected chi connectivity index (χ0v) is 7.86. The minimum atomic E-state index is 0.0467. The van der Waals surface area contributed by atoms with E-state index in [1.165, 1.54) is 19.0 Å². The molecule has 1 amide bonds. The zero-order chi connectivity index (χ0) is 9.97. The first kappa shape index (κ1) is 8.99. The number of carbonyl (C=O) groups excluding carboxylic acids is 1. The van der Waals surface area contributed by atoms with Crippen LogP contribution < -0.4 is 11.1 Å². The molecule has 14 heavy (non-hydrogen) atoms. The molecule has 0 unspecified atom stereocenters. The molecule has 4 nitrogen and oxygen atoms in total. The van der Waals surface area contributed by atoms with Crippen LogP contribution in [0.15, 0.2) is 18.5 Å². The van der Waals surface area contributed by atoms with Gasteiger partial charge in [-0.2, -0.15) is 0 Å². The topological polar surface area (TPSA) is 68.0 Å². The van der Waals surface area contributed by atoms with Crippen LogP contribution in [-0.4, -0.2) is 10.9 Å². The van der Waals surface area contributed by atoms with Crippen molar-refractivity contribution in [3.05, 3.63) is 18.5 Å². The summed E-state index contributed by atoms with van der Waals surface area (Å²) in [6.07, 6.45) is 6.12. The highest BCUT2D eigenvalue weighted by molar-refractivity contribution is 5.93. The highest BCUT2D eigenvalue weighted by Crippen LogP contribution is 2.32. The van der Waals surface area contributed by atoms with Gasteiger partial charge in [-0.1, -0.05) is 0 Å². The van der Waals surface area contributed by atoms with Crippen LogP contribution in [0.1, 0.15) is 19.3 Å². The van der Waals surface area contributed by atoms with E-state index >= 15 is 0 Å². The molecule has 1 aromatic rings. The van der Waals surface area contributed by atoms with Crippen LogP contribution in [0.25, 0.3) is 0 Å². The first-order chi connectivity index (χ1) is 6.75. The van der Waals surface area contributed by atoms with Gasteiger partial charge in [0.1, 0.15) is 0 Å². The summed E-state index contributed by atoms with van der Waals surface area (Å²) in [7, 11) is 0. The predicted molar refractivity (Wildman–Crippen MR) is 54.6 cm³/mol. The number of carbonyl (C=O) groups is 1. The van der Waals surface area contributed by atoms with Crippen LogP contribution >= 0.6 is 0 Å². The zero-order valence-electron chi connectivity index (χ0n) is 7.86. The molecule has 74 valence electrons. The monoisotopic (exact) mass is 191 g/mol. The van der Waals surface area contributed by atoms with E-state index in [1.54, 1.807) is 12.3 Å². The number of rotatable bonds is 3. The smallest absolute Gasteiger partial charge is 0.224 e. The second-order valence-corrected chi connectivity index (χ2v) is 3.66.